The summed E-state index contributed by atoms with van der Waals surface area (Å²) in [6, 6.07) is 0. The second kappa shape index (κ2) is 6.96. The Balaban J connectivity index is 1.39. The highest BCUT2D eigenvalue weighted by atomic mass is 32.1. The van der Waals surface area contributed by atoms with E-state index in [4.69, 9.17) is 12.6 Å². The van der Waals surface area contributed by atoms with Crippen LogP contribution in [0.15, 0.2) is 0 Å². The van der Waals surface area contributed by atoms with Crippen LogP contribution in [-0.4, -0.2) is 13.1 Å². The van der Waals surface area contributed by atoms with Gasteiger partial charge in [-0.25, -0.2) is 0 Å². The first kappa shape index (κ1) is 21.0. The van der Waals surface area contributed by atoms with Crippen molar-refractivity contribution in [3.8, 4) is 0 Å². The van der Waals surface area contributed by atoms with Gasteiger partial charge in [-0.1, -0.05) is 65.1 Å². The summed E-state index contributed by atoms with van der Waals surface area (Å²) in [5.74, 6) is 8.01. The molecule has 0 aromatic carbocycles. The molecule has 0 aliphatic heterocycles. The normalized spacial score (nSPS) is 61.3. The van der Waals surface area contributed by atoms with Crippen molar-refractivity contribution in [2.75, 3.05) is 0 Å². The first-order valence-corrected chi connectivity index (χ1v) is 14.6. The molecule has 0 N–H and O–H groups in total. The maximum absolute atomic E-state index is 5.49. The predicted molar refractivity (Wildman–Crippen MR) is 134 cm³/mol. The number of unbranched alkanes of at least 4 members (excludes halogenated alkanes) is 1. The van der Waals surface area contributed by atoms with E-state index in [1.54, 1.807) is 38.5 Å². The van der Waals surface area contributed by atoms with Gasteiger partial charge in [-0.2, -0.15) is 12.6 Å². The molecule has 0 heterocycles. The summed E-state index contributed by atoms with van der Waals surface area (Å²) in [5.41, 5.74) is 2.09. The van der Waals surface area contributed by atoms with Crippen LogP contribution < -0.4 is 0 Å². The van der Waals surface area contributed by atoms with Crippen LogP contribution in [0.3, 0.4) is 0 Å². The van der Waals surface area contributed by atoms with E-state index in [0.29, 0.717) is 10.7 Å². The lowest BCUT2D eigenvalue weighted by atomic mass is 9.25. The van der Waals surface area contributed by atoms with Crippen LogP contribution in [0.5, 0.6) is 0 Å². The SMILES string of the molecule is BC1CC(CCCC)CCCC23CC(C)C45CC(C2)(C1CC1CC(C)C1CC4S)[C@H]35. The minimum atomic E-state index is 0.615. The quantitative estimate of drug-likeness (QED) is 0.358. The monoisotopic (exact) mass is 426 g/mol. The minimum absolute atomic E-state index is 0.615. The van der Waals surface area contributed by atoms with E-state index in [1.165, 1.54) is 44.9 Å². The molecule has 30 heavy (non-hydrogen) atoms. The van der Waals surface area contributed by atoms with Gasteiger partial charge < -0.3 is 0 Å². The van der Waals surface area contributed by atoms with Gasteiger partial charge in [0.2, 0.25) is 0 Å². The molecule has 6 aliphatic rings. The third-order valence-corrected chi connectivity index (χ3v) is 13.4. The topological polar surface area (TPSA) is 0 Å². The highest BCUT2D eigenvalue weighted by molar-refractivity contribution is 7.81. The summed E-state index contributed by atoms with van der Waals surface area (Å²) in [4.78, 5) is 0. The van der Waals surface area contributed by atoms with Gasteiger partial charge in [0.15, 0.2) is 0 Å². The standard InChI is InChI=1S/C28H47BS/c1-4-5-7-19-8-6-9-26-14-18(3)28-16-27(15-26,25(26)28)22(23(29)11-19)12-20-10-17(2)21(20)13-24(28)30/h17-25,30H,4-16,29H2,1-3H3/t17?,18?,19?,20?,21?,22?,23?,24?,25-,26?,27?,28?/m0/s1. The van der Waals surface area contributed by atoms with Crippen molar-refractivity contribution in [3.63, 3.8) is 0 Å². The molecule has 12 atom stereocenters. The number of hydrogen-bond acceptors (Lipinski definition) is 1. The van der Waals surface area contributed by atoms with Crippen LogP contribution in [-0.2, 0) is 0 Å². The van der Waals surface area contributed by atoms with Crippen LogP contribution in [0.25, 0.3) is 0 Å². The molecule has 6 fully saturated rings. The molecule has 0 amide bonds. The second-order valence-corrected chi connectivity index (χ2v) is 14.6. The fraction of sp³-hybridized carbons (Fsp3) is 1.00. The molecular weight excluding hydrogens is 379 g/mol. The van der Waals surface area contributed by atoms with E-state index in [-0.39, 0.29) is 0 Å². The van der Waals surface area contributed by atoms with Gasteiger partial charge >= 0.3 is 0 Å². The van der Waals surface area contributed by atoms with Crippen molar-refractivity contribution >= 4 is 20.5 Å². The highest BCUT2D eigenvalue weighted by Crippen LogP contribution is 2.91. The molecule has 0 radical (unpaired) electrons. The lowest BCUT2D eigenvalue weighted by Gasteiger charge is -2.79. The molecule has 0 saturated heterocycles. The van der Waals surface area contributed by atoms with Crippen LogP contribution in [0, 0.1) is 57.7 Å². The smallest absolute Gasteiger partial charge is 0.105 e. The fourth-order valence-corrected chi connectivity index (χ4v) is 12.7. The molecule has 0 aromatic rings. The second-order valence-electron chi connectivity index (χ2n) is 13.9. The van der Waals surface area contributed by atoms with Gasteiger partial charge in [0.05, 0.1) is 0 Å². The third-order valence-electron chi connectivity index (χ3n) is 12.7. The Morgan fingerprint density at radius 2 is 1.90 bits per heavy atom. The average Bonchev–Trinajstić information content (AvgIpc) is 2.78. The summed E-state index contributed by atoms with van der Waals surface area (Å²) >= 11 is 5.49. The summed E-state index contributed by atoms with van der Waals surface area (Å²) in [6.45, 7) is 7.61. The third kappa shape index (κ3) is 2.50. The van der Waals surface area contributed by atoms with Crippen LogP contribution in [0.1, 0.15) is 104 Å². The van der Waals surface area contributed by atoms with E-state index in [9.17, 15) is 0 Å². The van der Waals surface area contributed by atoms with Crippen molar-refractivity contribution < 1.29 is 0 Å². The van der Waals surface area contributed by atoms with Gasteiger partial charge in [0.1, 0.15) is 7.85 Å². The Morgan fingerprint density at radius 1 is 1.07 bits per heavy atom. The zero-order valence-electron chi connectivity index (χ0n) is 20.3. The summed E-state index contributed by atoms with van der Waals surface area (Å²) in [7, 11) is 2.71. The fourth-order valence-electron chi connectivity index (χ4n) is 12.0. The van der Waals surface area contributed by atoms with E-state index in [0.717, 1.165) is 58.1 Å². The molecule has 11 unspecified atom stereocenters. The van der Waals surface area contributed by atoms with E-state index >= 15 is 0 Å². The molecule has 6 saturated carbocycles. The molecule has 168 valence electrons. The van der Waals surface area contributed by atoms with E-state index < -0.39 is 0 Å². The Morgan fingerprint density at radius 3 is 2.67 bits per heavy atom. The van der Waals surface area contributed by atoms with E-state index in [1.807, 2.05) is 0 Å². The summed E-state index contributed by atoms with van der Waals surface area (Å²) in [5, 5.41) is 0.692. The first-order valence-electron chi connectivity index (χ1n) is 14.0. The largest absolute Gasteiger partial charge is 0.175 e. The molecule has 3 spiro atoms. The lowest BCUT2D eigenvalue weighted by Crippen LogP contribution is -2.73. The van der Waals surface area contributed by atoms with Gasteiger partial charge in [-0.3, -0.25) is 0 Å². The minimum Gasteiger partial charge on any atom is -0.175 e. The van der Waals surface area contributed by atoms with Gasteiger partial charge in [-0.15, -0.1) is 0 Å². The van der Waals surface area contributed by atoms with Crippen LogP contribution in [0.2, 0.25) is 5.82 Å². The first-order chi connectivity index (χ1) is 14.4. The predicted octanol–water partition coefficient (Wildman–Crippen LogP) is 7.19. The van der Waals surface area contributed by atoms with Crippen LogP contribution in [0.4, 0.5) is 0 Å². The average molecular weight is 427 g/mol. The molecule has 2 heteroatoms. The maximum Gasteiger partial charge on any atom is 0.105 e. The van der Waals surface area contributed by atoms with Crippen molar-refractivity contribution in [2.45, 2.75) is 115 Å². The summed E-state index contributed by atoms with van der Waals surface area (Å²) < 4.78 is 0. The molecule has 0 aromatic heterocycles. The number of thiol groups is 1. The molecule has 6 aliphatic carbocycles. The summed E-state index contributed by atoms with van der Waals surface area (Å²) in [6.07, 6.45) is 19.9. The van der Waals surface area contributed by atoms with E-state index in [2.05, 4.69) is 28.6 Å². The van der Waals surface area contributed by atoms with Crippen LogP contribution >= 0.6 is 12.6 Å². The highest BCUT2D eigenvalue weighted by Gasteiger charge is 2.85. The van der Waals surface area contributed by atoms with Crippen molar-refractivity contribution in [1.82, 2.24) is 0 Å². The lowest BCUT2D eigenvalue weighted by molar-refractivity contribution is -0.292. The molecular formula is C28H47BS. The Bertz CT molecular complexity index is 692. The van der Waals surface area contributed by atoms with Gasteiger partial charge in [-0.05, 0) is 103 Å². The number of rotatable bonds is 3. The molecule has 6 rings (SSSR count). The Labute approximate surface area is 193 Å². The Hall–Kier alpha value is 0.415. The number of hydrogen-bond donors (Lipinski definition) is 1. The van der Waals surface area contributed by atoms with Crippen molar-refractivity contribution in [2.24, 2.45) is 57.7 Å². The molecule has 0 nitrogen and oxygen atoms in total. The Kier molecular flexibility index (Phi) is 4.87. The van der Waals surface area contributed by atoms with Gasteiger partial charge in [0.25, 0.3) is 0 Å². The van der Waals surface area contributed by atoms with Gasteiger partial charge in [0, 0.05) is 5.25 Å². The zero-order chi connectivity index (χ0) is 20.9. The maximum atomic E-state index is 5.49. The molecule has 3 bridgehead atoms. The zero-order valence-corrected chi connectivity index (χ0v) is 21.2. The van der Waals surface area contributed by atoms with Crippen molar-refractivity contribution in [3.05, 3.63) is 0 Å². The number of fused-ring (bicyclic) bond motifs is 1. The van der Waals surface area contributed by atoms with Crippen molar-refractivity contribution in [1.29, 1.82) is 0 Å².